The van der Waals surface area contributed by atoms with E-state index in [1.54, 1.807) is 17.0 Å². The summed E-state index contributed by atoms with van der Waals surface area (Å²) in [5.41, 5.74) is 6.10. The highest BCUT2D eigenvalue weighted by Gasteiger charge is 2.28. The average Bonchev–Trinajstić information content (AvgIpc) is 2.75. The van der Waals surface area contributed by atoms with Gasteiger partial charge < -0.3 is 4.90 Å². The molecule has 0 saturated carbocycles. The summed E-state index contributed by atoms with van der Waals surface area (Å²) in [7, 11) is 0. The van der Waals surface area contributed by atoms with E-state index in [0.29, 0.717) is 30.5 Å². The zero-order valence-corrected chi connectivity index (χ0v) is 16.4. The van der Waals surface area contributed by atoms with Crippen LogP contribution in [0.2, 0.25) is 0 Å². The molecule has 0 spiro atoms. The molecule has 2 aromatic rings. The lowest BCUT2D eigenvalue weighted by molar-refractivity contribution is -0.137. The van der Waals surface area contributed by atoms with Crippen LogP contribution in [0.3, 0.4) is 0 Å². The predicted octanol–water partition coefficient (Wildman–Crippen LogP) is 2.14. The van der Waals surface area contributed by atoms with Gasteiger partial charge in [0, 0.05) is 13.1 Å². The quantitative estimate of drug-likeness (QED) is 0.735. The SMILES string of the molecule is O=C(Cc1ccc(F)cc1)NNC(=O)C1CCCN(C(=O)Cc2ccc(F)cc2)C1. The normalized spacial score (nSPS) is 16.1. The molecular weight excluding hydrogens is 392 g/mol. The van der Waals surface area contributed by atoms with Gasteiger partial charge in [-0.2, -0.15) is 0 Å². The second kappa shape index (κ2) is 9.96. The third kappa shape index (κ3) is 6.10. The number of likely N-dealkylation sites (tertiary alicyclic amines) is 1. The summed E-state index contributed by atoms with van der Waals surface area (Å²) >= 11 is 0. The van der Waals surface area contributed by atoms with Crippen LogP contribution in [0.4, 0.5) is 8.78 Å². The second-order valence-electron chi connectivity index (χ2n) is 7.32. The Hall–Kier alpha value is -3.29. The molecule has 2 aromatic carbocycles. The highest BCUT2D eigenvalue weighted by Crippen LogP contribution is 2.18. The molecule has 6 nitrogen and oxygen atoms in total. The maximum absolute atomic E-state index is 13.0. The lowest BCUT2D eigenvalue weighted by atomic mass is 9.96. The Bertz CT molecular complexity index is 901. The van der Waals surface area contributed by atoms with E-state index in [1.165, 1.54) is 36.4 Å². The first kappa shape index (κ1) is 21.4. The van der Waals surface area contributed by atoms with Crippen molar-refractivity contribution < 1.29 is 23.2 Å². The topological polar surface area (TPSA) is 78.5 Å². The van der Waals surface area contributed by atoms with Crippen LogP contribution in [-0.2, 0) is 27.2 Å². The summed E-state index contributed by atoms with van der Waals surface area (Å²) < 4.78 is 25.9. The van der Waals surface area contributed by atoms with Crippen molar-refractivity contribution in [1.82, 2.24) is 15.8 Å². The van der Waals surface area contributed by atoms with Gasteiger partial charge >= 0.3 is 0 Å². The van der Waals surface area contributed by atoms with E-state index >= 15 is 0 Å². The van der Waals surface area contributed by atoms with Crippen molar-refractivity contribution in [2.45, 2.75) is 25.7 Å². The Kier molecular flexibility index (Phi) is 7.11. The van der Waals surface area contributed by atoms with Crippen LogP contribution < -0.4 is 10.9 Å². The smallest absolute Gasteiger partial charge is 0.243 e. The summed E-state index contributed by atoms with van der Waals surface area (Å²) in [5.74, 6) is -2.08. The number of carbonyl (C=O) groups is 3. The minimum absolute atomic E-state index is 0.00745. The first-order valence-corrected chi connectivity index (χ1v) is 9.76. The van der Waals surface area contributed by atoms with Crippen LogP contribution in [0.25, 0.3) is 0 Å². The first-order valence-electron chi connectivity index (χ1n) is 9.76. The van der Waals surface area contributed by atoms with Crippen molar-refractivity contribution in [3.63, 3.8) is 0 Å². The summed E-state index contributed by atoms with van der Waals surface area (Å²) in [4.78, 5) is 38.5. The Morgan fingerprint density at radius 1 is 0.867 bits per heavy atom. The molecule has 158 valence electrons. The van der Waals surface area contributed by atoms with Crippen LogP contribution in [0.1, 0.15) is 24.0 Å². The van der Waals surface area contributed by atoms with Crippen molar-refractivity contribution in [3.05, 3.63) is 71.3 Å². The van der Waals surface area contributed by atoms with Gasteiger partial charge in [0.05, 0.1) is 18.8 Å². The Morgan fingerprint density at radius 3 is 2.03 bits per heavy atom. The maximum atomic E-state index is 13.0. The summed E-state index contributed by atoms with van der Waals surface area (Å²) in [6, 6.07) is 11.3. The lowest BCUT2D eigenvalue weighted by Crippen LogP contribution is -2.50. The fraction of sp³-hybridized carbons (Fsp3) is 0.318. The summed E-state index contributed by atoms with van der Waals surface area (Å²) in [5, 5.41) is 0. The number of nitrogens with one attached hydrogen (secondary N) is 2. The fourth-order valence-corrected chi connectivity index (χ4v) is 3.37. The molecule has 1 aliphatic heterocycles. The standard InChI is InChI=1S/C22H23F2N3O3/c23-18-7-3-15(4-8-18)12-20(28)25-26-22(30)17-2-1-11-27(14-17)21(29)13-16-5-9-19(24)10-6-16/h3-10,17H,1-2,11-14H2,(H,25,28)(H,26,30). The molecule has 3 amide bonds. The molecule has 1 aliphatic rings. The van der Waals surface area contributed by atoms with Gasteiger partial charge in [-0.3, -0.25) is 25.2 Å². The van der Waals surface area contributed by atoms with Crippen LogP contribution in [-0.4, -0.2) is 35.7 Å². The Balaban J connectivity index is 1.46. The summed E-state index contributed by atoms with van der Waals surface area (Å²) in [6.45, 7) is 0.820. The number of carbonyl (C=O) groups excluding carboxylic acids is 3. The average molecular weight is 415 g/mol. The highest BCUT2D eigenvalue weighted by atomic mass is 19.1. The highest BCUT2D eigenvalue weighted by molar-refractivity contribution is 5.85. The molecule has 0 bridgehead atoms. The van der Waals surface area contributed by atoms with E-state index in [-0.39, 0.29) is 42.8 Å². The van der Waals surface area contributed by atoms with Gasteiger partial charge in [-0.25, -0.2) is 8.78 Å². The maximum Gasteiger partial charge on any atom is 0.243 e. The third-order valence-electron chi connectivity index (χ3n) is 5.02. The molecule has 0 aromatic heterocycles. The van der Waals surface area contributed by atoms with Crippen molar-refractivity contribution in [1.29, 1.82) is 0 Å². The molecule has 1 atom stereocenters. The molecule has 30 heavy (non-hydrogen) atoms. The molecule has 0 aliphatic carbocycles. The minimum Gasteiger partial charge on any atom is -0.342 e. The third-order valence-corrected chi connectivity index (χ3v) is 5.02. The number of benzene rings is 2. The number of nitrogens with zero attached hydrogens (tertiary/aromatic N) is 1. The zero-order chi connectivity index (χ0) is 21.5. The second-order valence-corrected chi connectivity index (χ2v) is 7.32. The number of halogens is 2. The molecule has 2 N–H and O–H groups in total. The van der Waals surface area contributed by atoms with E-state index in [1.807, 2.05) is 0 Å². The Labute approximate surface area is 173 Å². The summed E-state index contributed by atoms with van der Waals surface area (Å²) in [6.07, 6.45) is 1.44. The van der Waals surface area contributed by atoms with Crippen molar-refractivity contribution in [2.24, 2.45) is 5.92 Å². The zero-order valence-electron chi connectivity index (χ0n) is 16.4. The molecule has 1 heterocycles. The number of rotatable bonds is 5. The van der Waals surface area contributed by atoms with E-state index in [2.05, 4.69) is 10.9 Å². The largest absolute Gasteiger partial charge is 0.342 e. The van der Waals surface area contributed by atoms with Gasteiger partial charge in [0.15, 0.2) is 0 Å². The van der Waals surface area contributed by atoms with Crippen molar-refractivity contribution in [2.75, 3.05) is 13.1 Å². The van der Waals surface area contributed by atoms with Crippen LogP contribution in [0.5, 0.6) is 0 Å². The van der Waals surface area contributed by atoms with E-state index in [4.69, 9.17) is 0 Å². The molecule has 8 heteroatoms. The molecule has 0 radical (unpaired) electrons. The predicted molar refractivity (Wildman–Crippen MR) is 106 cm³/mol. The molecular formula is C22H23F2N3O3. The van der Waals surface area contributed by atoms with Crippen LogP contribution in [0.15, 0.2) is 48.5 Å². The van der Waals surface area contributed by atoms with Gasteiger partial charge in [-0.15, -0.1) is 0 Å². The van der Waals surface area contributed by atoms with Crippen LogP contribution >= 0.6 is 0 Å². The fourth-order valence-electron chi connectivity index (χ4n) is 3.37. The van der Waals surface area contributed by atoms with E-state index in [9.17, 15) is 23.2 Å². The van der Waals surface area contributed by atoms with Crippen molar-refractivity contribution in [3.8, 4) is 0 Å². The number of hydrogen-bond acceptors (Lipinski definition) is 3. The minimum atomic E-state index is -0.429. The Morgan fingerprint density at radius 2 is 1.43 bits per heavy atom. The first-order chi connectivity index (χ1) is 14.4. The number of amides is 3. The van der Waals surface area contributed by atoms with Gasteiger partial charge in [0.25, 0.3) is 0 Å². The van der Waals surface area contributed by atoms with E-state index < -0.39 is 11.8 Å². The number of hydrazine groups is 1. The van der Waals surface area contributed by atoms with E-state index in [0.717, 1.165) is 0 Å². The van der Waals surface area contributed by atoms with Crippen molar-refractivity contribution >= 4 is 17.7 Å². The van der Waals surface area contributed by atoms with Gasteiger partial charge in [-0.1, -0.05) is 24.3 Å². The van der Waals surface area contributed by atoms with Crippen LogP contribution in [0, 0.1) is 17.6 Å². The monoisotopic (exact) mass is 415 g/mol. The lowest BCUT2D eigenvalue weighted by Gasteiger charge is -2.32. The number of hydrogen-bond donors (Lipinski definition) is 2. The number of piperidine rings is 1. The van der Waals surface area contributed by atoms with Gasteiger partial charge in [0.2, 0.25) is 17.7 Å². The molecule has 1 unspecified atom stereocenters. The van der Waals surface area contributed by atoms with Gasteiger partial charge in [0.1, 0.15) is 11.6 Å². The molecule has 1 fully saturated rings. The molecule has 1 saturated heterocycles. The van der Waals surface area contributed by atoms with Gasteiger partial charge in [-0.05, 0) is 48.2 Å². The molecule has 3 rings (SSSR count).